The number of benzene rings is 2. The zero-order chi connectivity index (χ0) is 23.9. The molecule has 10 heteroatoms. The molecule has 2 aromatic carbocycles. The Kier molecular flexibility index (Phi) is 6.28. The van der Waals surface area contributed by atoms with Crippen LogP contribution in [0.4, 0.5) is 0 Å². The van der Waals surface area contributed by atoms with Crippen molar-refractivity contribution in [1.82, 2.24) is 0 Å². The first-order valence-electron chi connectivity index (χ1n) is 10.9. The smallest absolute Gasteiger partial charge is 0.232 e. The third-order valence-electron chi connectivity index (χ3n) is 6.44. The van der Waals surface area contributed by atoms with Gasteiger partial charge in [-0.2, -0.15) is 0 Å². The summed E-state index contributed by atoms with van der Waals surface area (Å²) in [4.78, 5) is 0. The summed E-state index contributed by atoms with van der Waals surface area (Å²) in [5, 5.41) is 11.6. The lowest BCUT2D eigenvalue weighted by Crippen LogP contribution is -2.47. The number of hydrogen-bond acceptors (Lipinski definition) is 9. The summed E-state index contributed by atoms with van der Waals surface area (Å²) in [5.74, 6) is 2.86. The van der Waals surface area contributed by atoms with Crippen LogP contribution in [0.5, 0.6) is 34.5 Å². The van der Waals surface area contributed by atoms with E-state index in [1.165, 1.54) is 14.2 Å². The molecule has 2 saturated heterocycles. The van der Waals surface area contributed by atoms with Gasteiger partial charge in [0.2, 0.25) is 12.0 Å². The average molecular weight is 495 g/mol. The van der Waals surface area contributed by atoms with E-state index in [9.17, 15) is 5.11 Å². The third-order valence-corrected chi connectivity index (χ3v) is 6.78. The molecule has 0 unspecified atom stereocenters. The van der Waals surface area contributed by atoms with Gasteiger partial charge in [-0.1, -0.05) is 6.07 Å². The van der Waals surface area contributed by atoms with E-state index in [4.69, 9.17) is 49.5 Å². The topological polar surface area (TPSA) is 94.1 Å². The molecule has 2 fully saturated rings. The van der Waals surface area contributed by atoms with Crippen LogP contribution < -0.4 is 28.4 Å². The van der Waals surface area contributed by atoms with Gasteiger partial charge in [-0.25, -0.2) is 0 Å². The lowest BCUT2D eigenvalue weighted by molar-refractivity contribution is -0.153. The van der Waals surface area contributed by atoms with Crippen molar-refractivity contribution in [2.75, 3.05) is 47.0 Å². The highest BCUT2D eigenvalue weighted by molar-refractivity contribution is 6.18. The van der Waals surface area contributed by atoms with E-state index in [0.717, 1.165) is 5.56 Å². The molecule has 0 saturated carbocycles. The molecule has 0 bridgehead atoms. The minimum Gasteiger partial charge on any atom is -0.496 e. The van der Waals surface area contributed by atoms with Gasteiger partial charge in [0.25, 0.3) is 0 Å². The maximum absolute atomic E-state index is 11.6. The van der Waals surface area contributed by atoms with Crippen LogP contribution in [0, 0.1) is 5.92 Å². The highest BCUT2D eigenvalue weighted by Crippen LogP contribution is 2.52. The fourth-order valence-electron chi connectivity index (χ4n) is 4.63. The van der Waals surface area contributed by atoms with E-state index in [2.05, 4.69) is 0 Å². The van der Waals surface area contributed by atoms with Crippen molar-refractivity contribution in [1.29, 1.82) is 0 Å². The summed E-state index contributed by atoms with van der Waals surface area (Å²) in [6.45, 7) is 0.581. The highest BCUT2D eigenvalue weighted by atomic mass is 35.5. The third kappa shape index (κ3) is 3.76. The second-order valence-corrected chi connectivity index (χ2v) is 8.66. The van der Waals surface area contributed by atoms with Crippen molar-refractivity contribution >= 4 is 11.6 Å². The van der Waals surface area contributed by atoms with Crippen LogP contribution >= 0.6 is 11.6 Å². The number of para-hydroxylation sites is 1. The van der Waals surface area contributed by atoms with Gasteiger partial charge in [-0.05, 0) is 18.2 Å². The largest absolute Gasteiger partial charge is 0.496 e. The van der Waals surface area contributed by atoms with Crippen molar-refractivity contribution in [3.63, 3.8) is 0 Å². The van der Waals surface area contributed by atoms with E-state index in [0.29, 0.717) is 47.0 Å². The van der Waals surface area contributed by atoms with Gasteiger partial charge in [0.15, 0.2) is 28.6 Å². The molecule has 2 aromatic rings. The Morgan fingerprint density at radius 2 is 1.74 bits per heavy atom. The van der Waals surface area contributed by atoms with Gasteiger partial charge in [-0.3, -0.25) is 0 Å². The molecule has 5 rings (SSSR count). The van der Waals surface area contributed by atoms with Gasteiger partial charge in [0, 0.05) is 11.6 Å². The molecule has 184 valence electrons. The first-order chi connectivity index (χ1) is 16.5. The second-order valence-electron chi connectivity index (χ2n) is 8.35. The quantitative estimate of drug-likeness (QED) is 0.583. The Bertz CT molecular complexity index is 1030. The van der Waals surface area contributed by atoms with Crippen LogP contribution in [-0.4, -0.2) is 70.1 Å². The zero-order valence-electron chi connectivity index (χ0n) is 19.1. The molecular formula is C24H27ClO9. The first kappa shape index (κ1) is 23.2. The monoisotopic (exact) mass is 494 g/mol. The summed E-state index contributed by atoms with van der Waals surface area (Å²) >= 11 is 5.95. The highest BCUT2D eigenvalue weighted by Gasteiger charge is 2.61. The summed E-state index contributed by atoms with van der Waals surface area (Å²) in [5.41, 5.74) is -0.687. The van der Waals surface area contributed by atoms with Gasteiger partial charge >= 0.3 is 0 Å². The van der Waals surface area contributed by atoms with Crippen molar-refractivity contribution in [2.24, 2.45) is 5.92 Å². The van der Waals surface area contributed by atoms with Gasteiger partial charge < -0.3 is 43.0 Å². The number of rotatable bonds is 7. The van der Waals surface area contributed by atoms with Gasteiger partial charge in [-0.15, -0.1) is 11.6 Å². The summed E-state index contributed by atoms with van der Waals surface area (Å²) in [6.07, 6.45) is -1.75. The molecule has 3 aliphatic rings. The summed E-state index contributed by atoms with van der Waals surface area (Å²) < 4.78 is 46.3. The Morgan fingerprint density at radius 3 is 2.41 bits per heavy atom. The number of halogens is 1. The molecule has 0 aliphatic carbocycles. The molecule has 0 radical (unpaired) electrons. The lowest BCUT2D eigenvalue weighted by Gasteiger charge is -2.29. The van der Waals surface area contributed by atoms with E-state index >= 15 is 0 Å². The van der Waals surface area contributed by atoms with Crippen molar-refractivity contribution in [3.8, 4) is 34.5 Å². The molecule has 0 amide bonds. The normalized spacial score (nSPS) is 29.4. The predicted molar refractivity (Wildman–Crippen MR) is 121 cm³/mol. The van der Waals surface area contributed by atoms with Crippen LogP contribution in [0.25, 0.3) is 0 Å². The number of hydrogen-bond donors (Lipinski definition) is 1. The molecule has 3 heterocycles. The van der Waals surface area contributed by atoms with Crippen LogP contribution in [-0.2, 0) is 9.47 Å². The molecule has 0 spiro atoms. The van der Waals surface area contributed by atoms with Crippen molar-refractivity contribution < 1.29 is 43.0 Å². The standard InChI is InChI=1S/C24H27ClO9/c1-27-16-5-4-6-17(28-2)22(16)34-23-24(26)12-32-21(15(24)11-31-23)14-7-20-19(8-18(14)29-3)30-10-13(9-25)33-20/h4-8,13,15,21,23,26H,9-12H2,1-3H3/t13-,15+,21+,23+,24+/m0/s1. The Labute approximate surface area is 202 Å². The van der Waals surface area contributed by atoms with E-state index in [1.807, 2.05) is 6.07 Å². The molecule has 1 N–H and O–H groups in total. The lowest BCUT2D eigenvalue weighted by atomic mass is 9.85. The van der Waals surface area contributed by atoms with Crippen LogP contribution in [0.15, 0.2) is 30.3 Å². The number of fused-ring (bicyclic) bond motifs is 2. The number of ether oxygens (including phenoxy) is 8. The minimum absolute atomic E-state index is 0.00632. The second kappa shape index (κ2) is 9.22. The Hall–Kier alpha value is -2.59. The Morgan fingerprint density at radius 1 is 1.00 bits per heavy atom. The van der Waals surface area contributed by atoms with E-state index in [1.54, 1.807) is 31.4 Å². The summed E-state index contributed by atoms with van der Waals surface area (Å²) in [6, 6.07) is 8.86. The first-order valence-corrected chi connectivity index (χ1v) is 11.5. The fraction of sp³-hybridized carbons (Fsp3) is 0.500. The summed E-state index contributed by atoms with van der Waals surface area (Å²) in [7, 11) is 4.64. The number of methoxy groups -OCH3 is 3. The molecular weight excluding hydrogens is 468 g/mol. The predicted octanol–water partition coefficient (Wildman–Crippen LogP) is 2.94. The number of aliphatic hydroxyl groups is 1. The molecule has 9 nitrogen and oxygen atoms in total. The van der Waals surface area contributed by atoms with E-state index < -0.39 is 23.9 Å². The maximum Gasteiger partial charge on any atom is 0.232 e. The Balaban J connectivity index is 1.43. The van der Waals surface area contributed by atoms with Crippen molar-refractivity contribution in [3.05, 3.63) is 35.9 Å². The molecule has 3 aliphatic heterocycles. The van der Waals surface area contributed by atoms with E-state index in [-0.39, 0.29) is 19.3 Å². The minimum atomic E-state index is -1.41. The zero-order valence-corrected chi connectivity index (χ0v) is 19.9. The number of alkyl halides is 1. The van der Waals surface area contributed by atoms with Crippen LogP contribution in [0.3, 0.4) is 0 Å². The van der Waals surface area contributed by atoms with Crippen molar-refractivity contribution in [2.45, 2.75) is 24.1 Å². The van der Waals surface area contributed by atoms with Gasteiger partial charge in [0.05, 0.1) is 52.4 Å². The average Bonchev–Trinajstić information content (AvgIpc) is 3.37. The van der Waals surface area contributed by atoms with Crippen LogP contribution in [0.2, 0.25) is 0 Å². The fourth-order valence-corrected chi connectivity index (χ4v) is 4.79. The molecule has 34 heavy (non-hydrogen) atoms. The van der Waals surface area contributed by atoms with Gasteiger partial charge in [0.1, 0.15) is 18.5 Å². The molecule has 5 atom stereocenters. The molecule has 0 aromatic heterocycles. The SMILES string of the molecule is COc1cc2c(cc1[C@H]1OC[C@]3(O)[C@@H](Oc4c(OC)cccc4OC)OC[C@H]13)O[C@@H](CCl)CO2. The maximum atomic E-state index is 11.6. The van der Waals surface area contributed by atoms with Crippen LogP contribution in [0.1, 0.15) is 11.7 Å².